The third-order valence-corrected chi connectivity index (χ3v) is 6.68. The highest BCUT2D eigenvalue weighted by Gasteiger charge is 2.43. The van der Waals surface area contributed by atoms with E-state index in [9.17, 15) is 0 Å². The van der Waals surface area contributed by atoms with E-state index in [1.165, 1.54) is 0 Å². The van der Waals surface area contributed by atoms with Gasteiger partial charge in [0, 0.05) is 15.6 Å². The molecule has 0 saturated heterocycles. The van der Waals surface area contributed by atoms with E-state index in [1.807, 2.05) is 65.8 Å². The number of hydrogen-bond donors (Lipinski definition) is 1. The van der Waals surface area contributed by atoms with Crippen LogP contribution in [-0.4, -0.2) is 0 Å². The molecule has 0 N–H and O–H groups in total. The Hall–Kier alpha value is -1.35. The maximum absolute atomic E-state index is 15.1. The number of halogens is 2. The van der Waals surface area contributed by atoms with Crippen molar-refractivity contribution in [2.24, 2.45) is 0 Å². The SMILES string of the molecule is CC(C)(C)c1ccc(C(C)(C)C(C)(C)c2ccc(C(C)(C)S)cc2F)c(F)c1. The highest BCUT2D eigenvalue weighted by molar-refractivity contribution is 7.81. The van der Waals surface area contributed by atoms with Crippen LogP contribution in [0.5, 0.6) is 0 Å². The normalized spacial score (nSPS) is 13.7. The lowest BCUT2D eigenvalue weighted by Gasteiger charge is -2.43. The fraction of sp³-hybridized carbons (Fsp3) is 0.520. The Morgan fingerprint density at radius 2 is 0.964 bits per heavy atom. The van der Waals surface area contributed by atoms with Crippen LogP contribution in [0.3, 0.4) is 0 Å². The molecule has 0 aliphatic carbocycles. The molecular weight excluding hydrogens is 370 g/mol. The van der Waals surface area contributed by atoms with Gasteiger partial charge in [-0.2, -0.15) is 12.6 Å². The molecule has 0 aromatic heterocycles. The van der Waals surface area contributed by atoms with Crippen molar-refractivity contribution in [2.45, 2.75) is 83.3 Å². The largest absolute Gasteiger partial charge is 0.207 e. The standard InChI is InChI=1S/C25H34F2S/c1-22(2,3)16-10-12-18(20(26)14-16)23(4,5)24(6,7)19-13-11-17(15-21(19)27)25(8,9)28/h10-15,28H,1-9H3. The first-order valence-corrected chi connectivity index (χ1v) is 10.3. The summed E-state index contributed by atoms with van der Waals surface area (Å²) in [5, 5.41) is 0. The second kappa shape index (κ2) is 7.16. The van der Waals surface area contributed by atoms with Crippen LogP contribution in [0.25, 0.3) is 0 Å². The van der Waals surface area contributed by atoms with Crippen LogP contribution in [0.1, 0.15) is 84.6 Å². The van der Waals surface area contributed by atoms with Gasteiger partial charge < -0.3 is 0 Å². The minimum absolute atomic E-state index is 0.124. The molecule has 2 rings (SSSR count). The van der Waals surface area contributed by atoms with Crippen molar-refractivity contribution in [3.63, 3.8) is 0 Å². The molecule has 2 aromatic rings. The van der Waals surface area contributed by atoms with E-state index >= 15 is 8.78 Å². The molecule has 0 atom stereocenters. The van der Waals surface area contributed by atoms with Crippen molar-refractivity contribution in [3.8, 4) is 0 Å². The van der Waals surface area contributed by atoms with Crippen LogP contribution in [0, 0.1) is 11.6 Å². The zero-order valence-corrected chi connectivity index (χ0v) is 19.6. The van der Waals surface area contributed by atoms with Gasteiger partial charge in [0.05, 0.1) is 0 Å². The summed E-state index contributed by atoms with van der Waals surface area (Å²) in [5.74, 6) is -0.511. The molecule has 0 radical (unpaired) electrons. The van der Waals surface area contributed by atoms with E-state index in [1.54, 1.807) is 12.1 Å². The van der Waals surface area contributed by atoms with Gasteiger partial charge in [0.1, 0.15) is 11.6 Å². The molecule has 0 unspecified atom stereocenters. The summed E-state index contributed by atoms with van der Waals surface area (Å²) in [4.78, 5) is 0. The van der Waals surface area contributed by atoms with Crippen molar-refractivity contribution in [2.75, 3.05) is 0 Å². The van der Waals surface area contributed by atoms with Crippen LogP contribution in [0.2, 0.25) is 0 Å². The molecule has 154 valence electrons. The predicted molar refractivity (Wildman–Crippen MR) is 120 cm³/mol. The molecule has 0 fully saturated rings. The van der Waals surface area contributed by atoms with Crippen molar-refractivity contribution in [1.82, 2.24) is 0 Å². The number of benzene rings is 2. The molecule has 0 amide bonds. The number of rotatable bonds is 4. The summed E-state index contributed by atoms with van der Waals surface area (Å²) in [6.07, 6.45) is 0. The molecule has 28 heavy (non-hydrogen) atoms. The first kappa shape index (κ1) is 22.9. The molecular formula is C25H34F2S. The van der Waals surface area contributed by atoms with Gasteiger partial charge in [0.15, 0.2) is 0 Å². The summed E-state index contributed by atoms with van der Waals surface area (Å²) >= 11 is 4.54. The van der Waals surface area contributed by atoms with Crippen LogP contribution in [0.15, 0.2) is 36.4 Å². The third-order valence-electron chi connectivity index (χ3n) is 6.42. The molecule has 0 aliphatic heterocycles. The van der Waals surface area contributed by atoms with Gasteiger partial charge in [-0.05, 0) is 53.6 Å². The lowest BCUT2D eigenvalue weighted by molar-refractivity contribution is 0.284. The first-order chi connectivity index (χ1) is 12.5. The smallest absolute Gasteiger partial charge is 0.127 e. The van der Waals surface area contributed by atoms with E-state index in [-0.39, 0.29) is 17.0 Å². The van der Waals surface area contributed by atoms with Crippen molar-refractivity contribution in [1.29, 1.82) is 0 Å². The number of thiol groups is 1. The fourth-order valence-electron chi connectivity index (χ4n) is 3.56. The van der Waals surface area contributed by atoms with Gasteiger partial charge in [-0.1, -0.05) is 72.7 Å². The second-order valence-corrected chi connectivity index (χ2v) is 11.6. The minimum Gasteiger partial charge on any atom is -0.207 e. The first-order valence-electron chi connectivity index (χ1n) is 9.83. The monoisotopic (exact) mass is 404 g/mol. The van der Waals surface area contributed by atoms with E-state index in [0.717, 1.165) is 11.1 Å². The van der Waals surface area contributed by atoms with E-state index < -0.39 is 15.6 Å². The Kier molecular flexibility index (Phi) is 5.87. The highest BCUT2D eigenvalue weighted by Crippen LogP contribution is 2.46. The van der Waals surface area contributed by atoms with Gasteiger partial charge in [-0.3, -0.25) is 0 Å². The Morgan fingerprint density at radius 1 is 0.607 bits per heavy atom. The average molecular weight is 405 g/mol. The van der Waals surface area contributed by atoms with Crippen LogP contribution in [0.4, 0.5) is 8.78 Å². The summed E-state index contributed by atoms with van der Waals surface area (Å²) in [7, 11) is 0. The molecule has 0 aliphatic rings. The number of hydrogen-bond acceptors (Lipinski definition) is 1. The maximum Gasteiger partial charge on any atom is 0.127 e. The summed E-state index contributed by atoms with van der Waals surface area (Å²) < 4.78 is 29.8. The quantitative estimate of drug-likeness (QED) is 0.496. The highest BCUT2D eigenvalue weighted by atomic mass is 32.1. The van der Waals surface area contributed by atoms with E-state index in [2.05, 4.69) is 33.4 Å². The predicted octanol–water partition coefficient (Wildman–Crippen LogP) is 7.68. The lowest BCUT2D eigenvalue weighted by Crippen LogP contribution is -2.41. The maximum atomic E-state index is 15.1. The molecule has 0 nitrogen and oxygen atoms in total. The second-order valence-electron chi connectivity index (χ2n) is 10.4. The molecule has 0 saturated carbocycles. The molecule has 0 spiro atoms. The summed E-state index contributed by atoms with van der Waals surface area (Å²) in [5.41, 5.74) is 1.59. The Bertz CT molecular complexity index is 792. The van der Waals surface area contributed by atoms with Crippen LogP contribution in [-0.2, 0) is 21.0 Å². The topological polar surface area (TPSA) is 0 Å². The third kappa shape index (κ3) is 4.15. The average Bonchev–Trinajstić information content (AvgIpc) is 2.52. The zero-order chi connectivity index (χ0) is 21.7. The molecule has 0 bridgehead atoms. The molecule has 0 heterocycles. The van der Waals surface area contributed by atoms with Crippen molar-refractivity contribution >= 4 is 12.6 Å². The van der Waals surface area contributed by atoms with Gasteiger partial charge in [-0.25, -0.2) is 8.78 Å². The Labute approximate surface area is 175 Å². The lowest BCUT2D eigenvalue weighted by atomic mass is 9.60. The zero-order valence-electron chi connectivity index (χ0n) is 18.7. The fourth-order valence-corrected chi connectivity index (χ4v) is 3.70. The van der Waals surface area contributed by atoms with Crippen molar-refractivity contribution < 1.29 is 8.78 Å². The van der Waals surface area contributed by atoms with Crippen molar-refractivity contribution in [3.05, 3.63) is 70.3 Å². The summed E-state index contributed by atoms with van der Waals surface area (Å²) in [6, 6.07) is 10.8. The van der Waals surface area contributed by atoms with E-state index in [0.29, 0.717) is 11.1 Å². The van der Waals surface area contributed by atoms with Crippen LogP contribution < -0.4 is 0 Å². The summed E-state index contributed by atoms with van der Waals surface area (Å²) in [6.45, 7) is 18.0. The minimum atomic E-state index is -0.625. The van der Waals surface area contributed by atoms with Crippen LogP contribution >= 0.6 is 12.6 Å². The molecule has 2 aromatic carbocycles. The van der Waals surface area contributed by atoms with E-state index in [4.69, 9.17) is 0 Å². The van der Waals surface area contributed by atoms with Gasteiger partial charge >= 0.3 is 0 Å². The van der Waals surface area contributed by atoms with Gasteiger partial charge in [0.2, 0.25) is 0 Å². The Balaban J connectivity index is 2.55. The molecule has 3 heteroatoms. The van der Waals surface area contributed by atoms with Gasteiger partial charge in [0.25, 0.3) is 0 Å². The Morgan fingerprint density at radius 3 is 1.29 bits per heavy atom. The van der Waals surface area contributed by atoms with Gasteiger partial charge in [-0.15, -0.1) is 0 Å².